The number of hydrogen-bond donors (Lipinski definition) is 0. The minimum atomic E-state index is -0.317. The van der Waals surface area contributed by atoms with Crippen LogP contribution in [0.5, 0.6) is 0 Å². The molecule has 1 aliphatic carbocycles. The van der Waals surface area contributed by atoms with Crippen molar-refractivity contribution in [3.63, 3.8) is 0 Å². The Kier molecular flexibility index (Phi) is 3.67. The molecule has 0 saturated carbocycles. The molecule has 0 N–H and O–H groups in total. The Morgan fingerprint density at radius 1 is 1.65 bits per heavy atom. The molecule has 0 spiro atoms. The maximum Gasteiger partial charge on any atom is 0.338 e. The van der Waals surface area contributed by atoms with Crippen LogP contribution in [0.3, 0.4) is 0 Å². The molecule has 1 aliphatic rings. The standard InChI is InChI=1S/C13H16ClNO2/c1-3-8-5-4-6-9-10(13(16)17-2)7-11(14)15-12(8)9/h7-8H,3-6H2,1-2H3. The van der Waals surface area contributed by atoms with Gasteiger partial charge in [-0.05, 0) is 37.3 Å². The van der Waals surface area contributed by atoms with Gasteiger partial charge in [0.2, 0.25) is 0 Å². The van der Waals surface area contributed by atoms with Gasteiger partial charge in [-0.1, -0.05) is 18.5 Å². The Morgan fingerprint density at radius 3 is 3.06 bits per heavy atom. The van der Waals surface area contributed by atoms with E-state index in [9.17, 15) is 4.79 Å². The van der Waals surface area contributed by atoms with Crippen LogP contribution in [0.2, 0.25) is 5.15 Å². The predicted molar refractivity (Wildman–Crippen MR) is 66.6 cm³/mol. The zero-order valence-corrected chi connectivity index (χ0v) is 10.9. The SMILES string of the molecule is CCC1CCCc2c(C(=O)OC)cc(Cl)nc21. The third-order valence-electron chi connectivity index (χ3n) is 3.39. The molecule has 1 aromatic rings. The van der Waals surface area contributed by atoms with Crippen molar-refractivity contribution in [3.8, 4) is 0 Å². The van der Waals surface area contributed by atoms with Gasteiger partial charge in [-0.3, -0.25) is 0 Å². The molecule has 0 bridgehead atoms. The molecule has 1 aromatic heterocycles. The number of carbonyl (C=O) groups is 1. The number of pyridine rings is 1. The average molecular weight is 254 g/mol. The lowest BCUT2D eigenvalue weighted by molar-refractivity contribution is 0.0598. The van der Waals surface area contributed by atoms with Crippen LogP contribution >= 0.6 is 11.6 Å². The second kappa shape index (κ2) is 5.05. The highest BCUT2D eigenvalue weighted by Gasteiger charge is 2.26. The van der Waals surface area contributed by atoms with Gasteiger partial charge in [-0.15, -0.1) is 0 Å². The Hall–Kier alpha value is -1.09. The number of rotatable bonds is 2. The molecule has 1 heterocycles. The van der Waals surface area contributed by atoms with Crippen LogP contribution in [0, 0.1) is 0 Å². The van der Waals surface area contributed by atoms with Gasteiger partial charge in [0.15, 0.2) is 0 Å². The summed E-state index contributed by atoms with van der Waals surface area (Å²) in [6.07, 6.45) is 4.14. The lowest BCUT2D eigenvalue weighted by atomic mass is 9.83. The fourth-order valence-corrected chi connectivity index (χ4v) is 2.71. The molecule has 2 rings (SSSR count). The van der Waals surface area contributed by atoms with Crippen LogP contribution in [0.15, 0.2) is 6.07 Å². The number of hydrogen-bond acceptors (Lipinski definition) is 3. The van der Waals surface area contributed by atoms with E-state index in [1.54, 1.807) is 6.07 Å². The first-order valence-corrected chi connectivity index (χ1v) is 6.32. The van der Waals surface area contributed by atoms with Gasteiger partial charge in [0.25, 0.3) is 0 Å². The Labute approximate surface area is 106 Å². The normalized spacial score (nSPS) is 18.6. The third kappa shape index (κ3) is 2.29. The van der Waals surface area contributed by atoms with Gasteiger partial charge in [0.05, 0.1) is 12.7 Å². The summed E-state index contributed by atoms with van der Waals surface area (Å²) in [4.78, 5) is 16.1. The fraction of sp³-hybridized carbons (Fsp3) is 0.538. The van der Waals surface area contributed by atoms with Gasteiger partial charge < -0.3 is 4.74 Å². The Bertz CT molecular complexity index is 445. The second-order valence-electron chi connectivity index (χ2n) is 4.35. The van der Waals surface area contributed by atoms with Crippen LogP contribution in [-0.4, -0.2) is 18.1 Å². The highest BCUT2D eigenvalue weighted by Crippen LogP contribution is 2.35. The van der Waals surface area contributed by atoms with Crippen molar-refractivity contribution in [1.29, 1.82) is 0 Å². The summed E-state index contributed by atoms with van der Waals surface area (Å²) < 4.78 is 4.80. The van der Waals surface area contributed by atoms with E-state index in [2.05, 4.69) is 11.9 Å². The van der Waals surface area contributed by atoms with Crippen LogP contribution in [0.4, 0.5) is 0 Å². The van der Waals surface area contributed by atoms with E-state index in [1.165, 1.54) is 7.11 Å². The molecule has 0 fully saturated rings. The number of fused-ring (bicyclic) bond motifs is 1. The van der Waals surface area contributed by atoms with Crippen molar-refractivity contribution < 1.29 is 9.53 Å². The first-order chi connectivity index (χ1) is 8.17. The van der Waals surface area contributed by atoms with Gasteiger partial charge in [-0.25, -0.2) is 9.78 Å². The fourth-order valence-electron chi connectivity index (χ4n) is 2.51. The van der Waals surface area contributed by atoms with E-state index in [1.807, 2.05) is 0 Å². The minimum Gasteiger partial charge on any atom is -0.465 e. The van der Waals surface area contributed by atoms with Crippen molar-refractivity contribution in [2.24, 2.45) is 0 Å². The molecule has 3 nitrogen and oxygen atoms in total. The van der Waals surface area contributed by atoms with Crippen LogP contribution in [0.1, 0.15) is 53.7 Å². The van der Waals surface area contributed by atoms with Crippen molar-refractivity contribution in [2.45, 2.75) is 38.5 Å². The first-order valence-electron chi connectivity index (χ1n) is 5.95. The lowest BCUT2D eigenvalue weighted by Gasteiger charge is -2.25. The van der Waals surface area contributed by atoms with E-state index in [4.69, 9.17) is 16.3 Å². The Balaban J connectivity index is 2.55. The molecular weight excluding hydrogens is 238 g/mol. The first kappa shape index (κ1) is 12.4. The van der Waals surface area contributed by atoms with Crippen molar-refractivity contribution in [2.75, 3.05) is 7.11 Å². The largest absolute Gasteiger partial charge is 0.465 e. The molecule has 4 heteroatoms. The van der Waals surface area contributed by atoms with Crippen molar-refractivity contribution in [1.82, 2.24) is 4.98 Å². The highest BCUT2D eigenvalue weighted by molar-refractivity contribution is 6.29. The number of aromatic nitrogens is 1. The van der Waals surface area contributed by atoms with Gasteiger partial charge in [-0.2, -0.15) is 0 Å². The zero-order valence-electron chi connectivity index (χ0n) is 10.1. The van der Waals surface area contributed by atoms with Crippen LogP contribution in [0.25, 0.3) is 0 Å². The van der Waals surface area contributed by atoms with E-state index >= 15 is 0 Å². The van der Waals surface area contributed by atoms with Gasteiger partial charge >= 0.3 is 5.97 Å². The molecule has 17 heavy (non-hydrogen) atoms. The molecule has 0 aliphatic heterocycles. The average Bonchev–Trinajstić information content (AvgIpc) is 2.36. The highest BCUT2D eigenvalue weighted by atomic mass is 35.5. The van der Waals surface area contributed by atoms with Gasteiger partial charge in [0, 0.05) is 11.6 Å². The van der Waals surface area contributed by atoms with Crippen molar-refractivity contribution in [3.05, 3.63) is 28.0 Å². The molecule has 0 aromatic carbocycles. The van der Waals surface area contributed by atoms with Crippen LogP contribution < -0.4 is 0 Å². The van der Waals surface area contributed by atoms with Gasteiger partial charge in [0.1, 0.15) is 5.15 Å². The molecular formula is C13H16ClNO2. The summed E-state index contributed by atoms with van der Waals surface area (Å²) >= 11 is 5.99. The second-order valence-corrected chi connectivity index (χ2v) is 4.73. The molecule has 0 radical (unpaired) electrons. The number of ether oxygens (including phenoxy) is 1. The summed E-state index contributed by atoms with van der Waals surface area (Å²) in [6.45, 7) is 2.14. The molecule has 0 amide bonds. The van der Waals surface area contributed by atoms with E-state index in [0.29, 0.717) is 16.6 Å². The summed E-state index contributed by atoms with van der Waals surface area (Å²) in [5, 5.41) is 0.379. The smallest absolute Gasteiger partial charge is 0.338 e. The zero-order chi connectivity index (χ0) is 12.4. The quantitative estimate of drug-likeness (QED) is 0.599. The predicted octanol–water partition coefficient (Wildman–Crippen LogP) is 3.35. The number of carbonyl (C=O) groups excluding carboxylic acids is 1. The number of halogens is 1. The van der Waals surface area contributed by atoms with Crippen molar-refractivity contribution >= 4 is 17.6 Å². The summed E-state index contributed by atoms with van der Waals surface area (Å²) in [5.74, 6) is 0.100. The molecule has 1 atom stereocenters. The molecule has 0 saturated heterocycles. The maximum atomic E-state index is 11.7. The van der Waals surface area contributed by atoms with E-state index in [0.717, 1.165) is 36.9 Å². The van der Waals surface area contributed by atoms with Crippen LogP contribution in [-0.2, 0) is 11.2 Å². The summed E-state index contributed by atoms with van der Waals surface area (Å²) in [6, 6.07) is 1.62. The maximum absolute atomic E-state index is 11.7. The lowest BCUT2D eigenvalue weighted by Crippen LogP contribution is -2.17. The van der Waals surface area contributed by atoms with E-state index in [-0.39, 0.29) is 5.97 Å². The van der Waals surface area contributed by atoms with E-state index < -0.39 is 0 Å². The third-order valence-corrected chi connectivity index (χ3v) is 3.58. The number of nitrogens with zero attached hydrogens (tertiary/aromatic N) is 1. The molecule has 1 unspecified atom stereocenters. The topological polar surface area (TPSA) is 39.2 Å². The summed E-state index contributed by atoms with van der Waals surface area (Å²) in [7, 11) is 1.39. The summed E-state index contributed by atoms with van der Waals surface area (Å²) in [5.41, 5.74) is 2.60. The number of esters is 1. The number of methoxy groups -OCH3 is 1. The molecule has 92 valence electrons. The monoisotopic (exact) mass is 253 g/mol. The minimum absolute atomic E-state index is 0.317. The Morgan fingerprint density at radius 2 is 2.41 bits per heavy atom.